The summed E-state index contributed by atoms with van der Waals surface area (Å²) >= 11 is 0. The van der Waals surface area contributed by atoms with Crippen LogP contribution in [0.25, 0.3) is 0 Å². The van der Waals surface area contributed by atoms with E-state index in [1.807, 2.05) is 14.1 Å². The van der Waals surface area contributed by atoms with E-state index in [4.69, 9.17) is 0 Å². The fourth-order valence-electron chi connectivity index (χ4n) is 2.17. The number of benzene rings is 1. The van der Waals surface area contributed by atoms with Gasteiger partial charge in [-0.2, -0.15) is 0 Å². The lowest BCUT2D eigenvalue weighted by Crippen LogP contribution is -2.09. The van der Waals surface area contributed by atoms with E-state index in [1.165, 1.54) is 11.3 Å². The molecule has 0 saturated heterocycles. The van der Waals surface area contributed by atoms with Crippen molar-refractivity contribution >= 4 is 11.5 Å². The quantitative estimate of drug-likeness (QED) is 0.736. The van der Waals surface area contributed by atoms with Gasteiger partial charge in [0, 0.05) is 32.1 Å². The van der Waals surface area contributed by atoms with Gasteiger partial charge in [-0.1, -0.05) is 12.1 Å². The van der Waals surface area contributed by atoms with Crippen molar-refractivity contribution in [1.29, 1.82) is 0 Å². The number of carbonyl (C=O) groups is 1. The molecule has 2 rings (SSSR count). The molecule has 0 aromatic heterocycles. The highest BCUT2D eigenvalue weighted by atomic mass is 16.1. The third kappa shape index (κ3) is 2.04. The normalized spacial score (nSPS) is 20.7. The highest BCUT2D eigenvalue weighted by Crippen LogP contribution is 2.31. The molecule has 1 aromatic carbocycles. The summed E-state index contributed by atoms with van der Waals surface area (Å²) in [6, 6.07) is 8.34. The topological polar surface area (TPSA) is 20.3 Å². The van der Waals surface area contributed by atoms with Crippen LogP contribution in [0.4, 0.5) is 5.69 Å². The number of anilines is 1. The third-order valence-electron chi connectivity index (χ3n) is 3.12. The standard InChI is InChI=1S/C13H17NO/c1-14(2)11-8-6-10(7-9-11)12-4-3-5-13(12)15/h6-9,12H,3-5H2,1-2H3. The summed E-state index contributed by atoms with van der Waals surface area (Å²) in [5, 5.41) is 0. The first-order valence-corrected chi connectivity index (χ1v) is 5.48. The van der Waals surface area contributed by atoms with E-state index >= 15 is 0 Å². The zero-order chi connectivity index (χ0) is 10.8. The van der Waals surface area contributed by atoms with Crippen molar-refractivity contribution in [2.45, 2.75) is 25.2 Å². The summed E-state index contributed by atoms with van der Waals surface area (Å²) < 4.78 is 0. The Bertz CT molecular complexity index is 353. The third-order valence-corrected chi connectivity index (χ3v) is 3.12. The first-order valence-electron chi connectivity index (χ1n) is 5.48. The number of rotatable bonds is 2. The fourth-order valence-corrected chi connectivity index (χ4v) is 2.17. The van der Waals surface area contributed by atoms with Gasteiger partial charge in [0.25, 0.3) is 0 Å². The molecular formula is C13H17NO. The Hall–Kier alpha value is -1.31. The Kier molecular flexibility index (Phi) is 2.76. The van der Waals surface area contributed by atoms with E-state index in [0.717, 1.165) is 19.3 Å². The smallest absolute Gasteiger partial charge is 0.140 e. The molecule has 0 radical (unpaired) electrons. The van der Waals surface area contributed by atoms with Crippen LogP contribution in [0.1, 0.15) is 30.7 Å². The summed E-state index contributed by atoms with van der Waals surface area (Å²) in [6.07, 6.45) is 2.85. The lowest BCUT2D eigenvalue weighted by molar-refractivity contribution is -0.118. The molecule has 2 nitrogen and oxygen atoms in total. The minimum Gasteiger partial charge on any atom is -0.378 e. The molecule has 1 unspecified atom stereocenters. The van der Waals surface area contributed by atoms with Crippen molar-refractivity contribution < 1.29 is 4.79 Å². The zero-order valence-corrected chi connectivity index (χ0v) is 9.36. The van der Waals surface area contributed by atoms with Crippen LogP contribution in [-0.2, 0) is 4.79 Å². The van der Waals surface area contributed by atoms with E-state index in [9.17, 15) is 4.79 Å². The molecule has 1 aliphatic rings. The average molecular weight is 203 g/mol. The summed E-state index contributed by atoms with van der Waals surface area (Å²) in [7, 11) is 4.05. The maximum absolute atomic E-state index is 11.6. The van der Waals surface area contributed by atoms with Gasteiger partial charge in [-0.25, -0.2) is 0 Å². The highest BCUT2D eigenvalue weighted by molar-refractivity contribution is 5.87. The van der Waals surface area contributed by atoms with Gasteiger partial charge in [-0.15, -0.1) is 0 Å². The van der Waals surface area contributed by atoms with Gasteiger partial charge in [0.1, 0.15) is 5.78 Å². The predicted molar refractivity (Wildman–Crippen MR) is 62.4 cm³/mol. The van der Waals surface area contributed by atoms with Crippen LogP contribution >= 0.6 is 0 Å². The molecule has 0 spiro atoms. The summed E-state index contributed by atoms with van der Waals surface area (Å²) in [4.78, 5) is 13.7. The largest absolute Gasteiger partial charge is 0.378 e. The number of nitrogens with zero attached hydrogens (tertiary/aromatic N) is 1. The van der Waals surface area contributed by atoms with Crippen molar-refractivity contribution in [1.82, 2.24) is 0 Å². The maximum Gasteiger partial charge on any atom is 0.140 e. The van der Waals surface area contributed by atoms with Gasteiger partial charge in [0.2, 0.25) is 0 Å². The van der Waals surface area contributed by atoms with Gasteiger partial charge in [-0.3, -0.25) is 4.79 Å². The minimum atomic E-state index is 0.168. The molecule has 0 bridgehead atoms. The second kappa shape index (κ2) is 4.05. The van der Waals surface area contributed by atoms with E-state index in [-0.39, 0.29) is 5.92 Å². The summed E-state index contributed by atoms with van der Waals surface area (Å²) in [5.74, 6) is 0.578. The summed E-state index contributed by atoms with van der Waals surface area (Å²) in [6.45, 7) is 0. The van der Waals surface area contributed by atoms with Gasteiger partial charge >= 0.3 is 0 Å². The molecule has 15 heavy (non-hydrogen) atoms. The van der Waals surface area contributed by atoms with E-state index < -0.39 is 0 Å². The Morgan fingerprint density at radius 1 is 1.20 bits per heavy atom. The van der Waals surface area contributed by atoms with Gasteiger partial charge < -0.3 is 4.90 Å². The molecule has 1 atom stereocenters. The molecular weight excluding hydrogens is 186 g/mol. The highest BCUT2D eigenvalue weighted by Gasteiger charge is 2.25. The van der Waals surface area contributed by atoms with Crippen LogP contribution in [0.15, 0.2) is 24.3 Å². The monoisotopic (exact) mass is 203 g/mol. The lowest BCUT2D eigenvalue weighted by atomic mass is 9.97. The number of hydrogen-bond acceptors (Lipinski definition) is 2. The van der Waals surface area contributed by atoms with E-state index in [0.29, 0.717) is 5.78 Å². The van der Waals surface area contributed by atoms with Crippen molar-refractivity contribution in [3.63, 3.8) is 0 Å². The second-order valence-electron chi connectivity index (χ2n) is 4.40. The molecule has 0 amide bonds. The van der Waals surface area contributed by atoms with Crippen LogP contribution in [0.3, 0.4) is 0 Å². The first kappa shape index (κ1) is 10.2. The molecule has 0 heterocycles. The molecule has 1 aromatic rings. The van der Waals surface area contributed by atoms with Gasteiger partial charge in [0.15, 0.2) is 0 Å². The second-order valence-corrected chi connectivity index (χ2v) is 4.40. The van der Waals surface area contributed by atoms with E-state index in [1.54, 1.807) is 0 Å². The molecule has 0 N–H and O–H groups in total. The van der Waals surface area contributed by atoms with Crippen molar-refractivity contribution in [2.75, 3.05) is 19.0 Å². The Labute approximate surface area is 90.9 Å². The van der Waals surface area contributed by atoms with Crippen LogP contribution in [0.5, 0.6) is 0 Å². The SMILES string of the molecule is CN(C)c1ccc(C2CCCC2=O)cc1. The van der Waals surface area contributed by atoms with Gasteiger partial charge in [-0.05, 0) is 30.5 Å². The molecule has 2 heteroatoms. The molecule has 1 fully saturated rings. The molecule has 0 aliphatic heterocycles. The molecule has 1 aliphatic carbocycles. The first-order chi connectivity index (χ1) is 7.18. The maximum atomic E-state index is 11.6. The average Bonchev–Trinajstić information content (AvgIpc) is 2.65. The fraction of sp³-hybridized carbons (Fsp3) is 0.462. The summed E-state index contributed by atoms with van der Waals surface area (Å²) in [5.41, 5.74) is 2.37. The van der Waals surface area contributed by atoms with Crippen molar-refractivity contribution in [3.05, 3.63) is 29.8 Å². The van der Waals surface area contributed by atoms with E-state index in [2.05, 4.69) is 29.2 Å². The Morgan fingerprint density at radius 2 is 1.87 bits per heavy atom. The number of Topliss-reactive ketones (excluding diaryl/α,β-unsaturated/α-hetero) is 1. The lowest BCUT2D eigenvalue weighted by Gasteiger charge is -2.14. The number of carbonyl (C=O) groups excluding carboxylic acids is 1. The van der Waals surface area contributed by atoms with Crippen LogP contribution in [0, 0.1) is 0 Å². The van der Waals surface area contributed by atoms with Crippen molar-refractivity contribution in [3.8, 4) is 0 Å². The van der Waals surface area contributed by atoms with Gasteiger partial charge in [0.05, 0.1) is 0 Å². The predicted octanol–water partition coefficient (Wildman–Crippen LogP) is 2.59. The van der Waals surface area contributed by atoms with Crippen molar-refractivity contribution in [2.24, 2.45) is 0 Å². The number of hydrogen-bond donors (Lipinski definition) is 0. The van der Waals surface area contributed by atoms with Crippen LogP contribution in [0.2, 0.25) is 0 Å². The zero-order valence-electron chi connectivity index (χ0n) is 9.36. The molecule has 1 saturated carbocycles. The van der Waals surface area contributed by atoms with Crippen LogP contribution in [-0.4, -0.2) is 19.9 Å². The number of ketones is 1. The Morgan fingerprint density at radius 3 is 2.33 bits per heavy atom. The minimum absolute atomic E-state index is 0.168. The van der Waals surface area contributed by atoms with Crippen LogP contribution < -0.4 is 4.90 Å². The molecule has 80 valence electrons. The Balaban J connectivity index is 2.19.